The quantitative estimate of drug-likeness (QED) is 0.283. The highest BCUT2D eigenvalue weighted by Gasteiger charge is 2.54. The van der Waals surface area contributed by atoms with Gasteiger partial charge in [0.25, 0.3) is 10.0 Å². The molecule has 1 saturated heterocycles. The Balaban J connectivity index is 1.51. The van der Waals surface area contributed by atoms with Crippen LogP contribution >= 0.6 is 11.6 Å². The number of methoxy groups -OCH3 is 3. The molecule has 0 saturated carbocycles. The first-order valence-electron chi connectivity index (χ1n) is 13.8. The van der Waals surface area contributed by atoms with E-state index in [1.54, 1.807) is 43.8 Å². The van der Waals surface area contributed by atoms with E-state index in [1.807, 2.05) is 36.4 Å². The topological polar surface area (TPSA) is 97.3 Å². The lowest BCUT2D eigenvalue weighted by Crippen LogP contribution is -2.58. The largest absolute Gasteiger partial charge is 0.497 e. The van der Waals surface area contributed by atoms with E-state index >= 15 is 0 Å². The SMILES string of the molecule is COc1ccc(S(=O)(=O)N2CC(c3cccnc3OC)(N3CCN(c4ccccn4)CC3)c3cc(Cl)ccc32)c(OC)c1. The maximum atomic E-state index is 14.5. The van der Waals surface area contributed by atoms with Crippen LogP contribution in [0.25, 0.3) is 0 Å². The molecule has 12 heteroatoms. The van der Waals surface area contributed by atoms with Gasteiger partial charge in [-0.3, -0.25) is 9.21 Å². The molecule has 2 aliphatic heterocycles. The number of hydrogen-bond acceptors (Lipinski definition) is 9. The van der Waals surface area contributed by atoms with Crippen LogP contribution in [0.5, 0.6) is 17.4 Å². The third-order valence-corrected chi connectivity index (χ3v) is 10.2. The third-order valence-electron chi connectivity index (χ3n) is 8.19. The summed E-state index contributed by atoms with van der Waals surface area (Å²) in [6.07, 6.45) is 3.45. The van der Waals surface area contributed by atoms with E-state index in [-0.39, 0.29) is 17.2 Å². The van der Waals surface area contributed by atoms with Gasteiger partial charge in [-0.25, -0.2) is 18.4 Å². The fourth-order valence-electron chi connectivity index (χ4n) is 6.15. The molecule has 43 heavy (non-hydrogen) atoms. The summed E-state index contributed by atoms with van der Waals surface area (Å²) in [7, 11) is 0.413. The molecule has 4 heterocycles. The zero-order valence-electron chi connectivity index (χ0n) is 24.1. The molecule has 2 aliphatic rings. The summed E-state index contributed by atoms with van der Waals surface area (Å²) in [4.78, 5) is 13.6. The fourth-order valence-corrected chi connectivity index (χ4v) is 7.97. The summed E-state index contributed by atoms with van der Waals surface area (Å²) in [5.41, 5.74) is 1.09. The molecular weight excluding hydrogens is 590 g/mol. The number of hydrogen-bond donors (Lipinski definition) is 0. The Morgan fingerprint density at radius 3 is 2.30 bits per heavy atom. The molecule has 1 unspecified atom stereocenters. The van der Waals surface area contributed by atoms with Gasteiger partial charge < -0.3 is 19.1 Å². The summed E-state index contributed by atoms with van der Waals surface area (Å²) in [5.74, 6) is 2.00. The minimum Gasteiger partial charge on any atom is -0.497 e. The average molecular weight is 622 g/mol. The Labute approximate surface area is 256 Å². The average Bonchev–Trinajstić information content (AvgIpc) is 3.40. The summed E-state index contributed by atoms with van der Waals surface area (Å²) >= 11 is 6.63. The molecule has 0 aliphatic carbocycles. The molecular formula is C31H32ClN5O5S. The number of rotatable bonds is 8. The molecule has 2 aromatic carbocycles. The lowest BCUT2D eigenvalue weighted by atomic mass is 9.82. The van der Waals surface area contributed by atoms with Crippen LogP contribution in [-0.4, -0.2) is 77.3 Å². The number of piperazine rings is 1. The number of aromatic nitrogens is 2. The number of benzene rings is 2. The van der Waals surface area contributed by atoms with Crippen LogP contribution in [0.4, 0.5) is 11.5 Å². The van der Waals surface area contributed by atoms with Crippen LogP contribution in [0.1, 0.15) is 11.1 Å². The number of anilines is 2. The number of fused-ring (bicyclic) bond motifs is 1. The predicted octanol–water partition coefficient (Wildman–Crippen LogP) is 4.43. The van der Waals surface area contributed by atoms with Crippen molar-refractivity contribution in [3.8, 4) is 17.4 Å². The second-order valence-electron chi connectivity index (χ2n) is 10.3. The molecule has 0 bridgehead atoms. The van der Waals surface area contributed by atoms with Crippen molar-refractivity contribution in [3.05, 3.63) is 95.3 Å². The second kappa shape index (κ2) is 11.6. The predicted molar refractivity (Wildman–Crippen MR) is 165 cm³/mol. The Hall–Kier alpha value is -4.06. The van der Waals surface area contributed by atoms with Crippen molar-refractivity contribution in [2.75, 3.05) is 63.3 Å². The van der Waals surface area contributed by atoms with Gasteiger partial charge in [0.15, 0.2) is 0 Å². The van der Waals surface area contributed by atoms with Gasteiger partial charge in [-0.1, -0.05) is 17.7 Å². The minimum atomic E-state index is -4.12. The van der Waals surface area contributed by atoms with Gasteiger partial charge in [0.2, 0.25) is 5.88 Å². The van der Waals surface area contributed by atoms with Crippen molar-refractivity contribution in [1.82, 2.24) is 14.9 Å². The second-order valence-corrected chi connectivity index (χ2v) is 12.5. The molecule has 224 valence electrons. The highest BCUT2D eigenvalue weighted by Crippen LogP contribution is 2.52. The Morgan fingerprint density at radius 1 is 0.814 bits per heavy atom. The smallest absolute Gasteiger partial charge is 0.268 e. The maximum Gasteiger partial charge on any atom is 0.268 e. The molecule has 0 amide bonds. The van der Waals surface area contributed by atoms with E-state index in [2.05, 4.69) is 19.8 Å². The molecule has 2 aromatic heterocycles. The number of sulfonamides is 1. The third kappa shape index (κ3) is 4.91. The van der Waals surface area contributed by atoms with Crippen LogP contribution in [0.2, 0.25) is 5.02 Å². The summed E-state index contributed by atoms with van der Waals surface area (Å²) in [5, 5.41) is 0.499. The zero-order chi connectivity index (χ0) is 30.2. The summed E-state index contributed by atoms with van der Waals surface area (Å²) < 4.78 is 47.2. The maximum absolute atomic E-state index is 14.5. The van der Waals surface area contributed by atoms with Crippen LogP contribution in [0.3, 0.4) is 0 Å². The van der Waals surface area contributed by atoms with E-state index < -0.39 is 15.6 Å². The molecule has 10 nitrogen and oxygen atoms in total. The highest BCUT2D eigenvalue weighted by molar-refractivity contribution is 7.93. The van der Waals surface area contributed by atoms with Gasteiger partial charge in [0, 0.05) is 60.8 Å². The van der Waals surface area contributed by atoms with Crippen LogP contribution in [-0.2, 0) is 15.6 Å². The minimum absolute atomic E-state index is 0.0330. The van der Waals surface area contributed by atoms with Crippen molar-refractivity contribution in [2.45, 2.75) is 10.4 Å². The van der Waals surface area contributed by atoms with Gasteiger partial charge >= 0.3 is 0 Å². The van der Waals surface area contributed by atoms with Crippen molar-refractivity contribution < 1.29 is 22.6 Å². The van der Waals surface area contributed by atoms with E-state index in [0.717, 1.165) is 16.9 Å². The van der Waals surface area contributed by atoms with Crippen molar-refractivity contribution in [1.29, 1.82) is 0 Å². The van der Waals surface area contributed by atoms with E-state index in [4.69, 9.17) is 25.8 Å². The molecule has 0 N–H and O–H groups in total. The van der Waals surface area contributed by atoms with Gasteiger partial charge in [0.1, 0.15) is 22.2 Å². The summed E-state index contributed by atoms with van der Waals surface area (Å²) in [6, 6.07) is 19.7. The van der Waals surface area contributed by atoms with E-state index in [1.165, 1.54) is 24.6 Å². The first kappa shape index (κ1) is 29.0. The molecule has 6 rings (SSSR count). The first-order valence-corrected chi connectivity index (χ1v) is 15.6. The van der Waals surface area contributed by atoms with Gasteiger partial charge in [-0.15, -0.1) is 0 Å². The van der Waals surface area contributed by atoms with Crippen LogP contribution in [0.15, 0.2) is 84.0 Å². The van der Waals surface area contributed by atoms with E-state index in [9.17, 15) is 8.42 Å². The van der Waals surface area contributed by atoms with Crippen LogP contribution < -0.4 is 23.4 Å². The number of pyridine rings is 2. The fraction of sp³-hybridized carbons (Fsp3) is 0.290. The monoisotopic (exact) mass is 621 g/mol. The van der Waals surface area contributed by atoms with Crippen molar-refractivity contribution in [3.63, 3.8) is 0 Å². The van der Waals surface area contributed by atoms with Gasteiger partial charge in [-0.2, -0.15) is 0 Å². The molecule has 1 fully saturated rings. The molecule has 0 spiro atoms. The molecule has 1 atom stereocenters. The number of halogens is 1. The standard InChI is InChI=1S/C31H32ClN5O5S/c1-40-23-10-12-28(27(20-23)41-2)43(38,39)37-21-31(24-7-6-14-34-30(24)42-3,25-19-22(32)9-11-26(25)37)36-17-15-35(16-18-36)29-8-4-5-13-33-29/h4-14,19-20H,15-18,21H2,1-3H3. The Morgan fingerprint density at radius 2 is 1.60 bits per heavy atom. The normalized spacial score (nSPS) is 18.8. The lowest BCUT2D eigenvalue weighted by Gasteiger charge is -2.46. The van der Waals surface area contributed by atoms with E-state index in [0.29, 0.717) is 48.5 Å². The molecule has 4 aromatic rings. The Bertz CT molecular complexity index is 1730. The summed E-state index contributed by atoms with van der Waals surface area (Å²) in [6.45, 7) is 2.71. The van der Waals surface area contributed by atoms with Crippen molar-refractivity contribution in [2.24, 2.45) is 0 Å². The lowest BCUT2D eigenvalue weighted by molar-refractivity contribution is 0.124. The highest BCUT2D eigenvalue weighted by atomic mass is 35.5. The Kier molecular flexibility index (Phi) is 7.80. The van der Waals surface area contributed by atoms with Gasteiger partial charge in [-0.05, 0) is 54.6 Å². The first-order chi connectivity index (χ1) is 20.8. The molecule has 0 radical (unpaired) electrons. The number of ether oxygens (including phenoxy) is 3. The zero-order valence-corrected chi connectivity index (χ0v) is 25.7. The van der Waals surface area contributed by atoms with Crippen molar-refractivity contribution >= 4 is 33.1 Å². The number of nitrogens with zero attached hydrogens (tertiary/aromatic N) is 5. The van der Waals surface area contributed by atoms with Crippen LogP contribution in [0, 0.1) is 0 Å². The van der Waals surface area contributed by atoms with Gasteiger partial charge in [0.05, 0.1) is 39.1 Å².